The van der Waals surface area contributed by atoms with Crippen LogP contribution in [0.3, 0.4) is 0 Å². The molecule has 8 heteroatoms. The summed E-state index contributed by atoms with van der Waals surface area (Å²) in [6.07, 6.45) is 1.54. The fourth-order valence-electron chi connectivity index (χ4n) is 3.89. The molecule has 2 atom stereocenters. The molecule has 162 valence electrons. The van der Waals surface area contributed by atoms with Crippen molar-refractivity contribution in [3.05, 3.63) is 57.1 Å². The fraction of sp³-hybridized carbons (Fsp3) is 0.391. The third kappa shape index (κ3) is 4.70. The van der Waals surface area contributed by atoms with Gasteiger partial charge in [0, 0.05) is 24.2 Å². The van der Waals surface area contributed by atoms with Gasteiger partial charge in [0.05, 0.1) is 22.0 Å². The number of aryl methyl sites for hydroxylation is 2. The summed E-state index contributed by atoms with van der Waals surface area (Å²) < 4.78 is 0. The monoisotopic (exact) mass is 454 g/mol. The van der Waals surface area contributed by atoms with E-state index in [1.54, 1.807) is 16.2 Å². The van der Waals surface area contributed by atoms with Crippen LogP contribution in [0.2, 0.25) is 0 Å². The average molecular weight is 455 g/mol. The van der Waals surface area contributed by atoms with Crippen LogP contribution in [-0.4, -0.2) is 39.3 Å². The molecule has 0 bridgehead atoms. The minimum Gasteiger partial charge on any atom is -0.350 e. The molecule has 31 heavy (non-hydrogen) atoms. The molecule has 2 aromatic heterocycles. The molecule has 2 unspecified atom stereocenters. The lowest BCUT2D eigenvalue weighted by atomic mass is 10.1. The van der Waals surface area contributed by atoms with E-state index >= 15 is 0 Å². The Morgan fingerprint density at radius 1 is 1.23 bits per heavy atom. The van der Waals surface area contributed by atoms with Crippen LogP contribution in [0.1, 0.15) is 47.6 Å². The lowest BCUT2D eigenvalue weighted by molar-refractivity contribution is -0.139. The van der Waals surface area contributed by atoms with Crippen LogP contribution < -0.4 is 5.32 Å². The zero-order chi connectivity index (χ0) is 22.0. The average Bonchev–Trinajstić information content (AvgIpc) is 3.52. The number of hydrogen-bond acceptors (Lipinski definition) is 6. The van der Waals surface area contributed by atoms with E-state index in [2.05, 4.69) is 27.4 Å². The van der Waals surface area contributed by atoms with E-state index in [1.807, 2.05) is 43.8 Å². The largest absolute Gasteiger partial charge is 0.350 e. The van der Waals surface area contributed by atoms with Gasteiger partial charge in [-0.05, 0) is 44.7 Å². The minimum absolute atomic E-state index is 0.0173. The van der Waals surface area contributed by atoms with E-state index in [0.717, 1.165) is 33.9 Å². The summed E-state index contributed by atoms with van der Waals surface area (Å²) in [5, 5.41) is 5.78. The second kappa shape index (κ2) is 9.28. The van der Waals surface area contributed by atoms with E-state index in [4.69, 9.17) is 0 Å². The fourth-order valence-corrected chi connectivity index (χ4v) is 5.55. The van der Waals surface area contributed by atoms with Gasteiger partial charge < -0.3 is 10.2 Å². The van der Waals surface area contributed by atoms with Gasteiger partial charge in [-0.3, -0.25) is 9.59 Å². The van der Waals surface area contributed by atoms with Gasteiger partial charge in [0.25, 0.3) is 0 Å². The molecule has 0 aliphatic carbocycles. The number of carbonyl (C=O) groups is 2. The van der Waals surface area contributed by atoms with Gasteiger partial charge in [0.2, 0.25) is 11.8 Å². The van der Waals surface area contributed by atoms with Crippen LogP contribution in [0.15, 0.2) is 35.2 Å². The molecule has 1 fully saturated rings. The van der Waals surface area contributed by atoms with Gasteiger partial charge in [-0.2, -0.15) is 0 Å². The number of aromatic nitrogens is 2. The second-order valence-electron chi connectivity index (χ2n) is 7.92. The molecule has 1 N–H and O–H groups in total. The van der Waals surface area contributed by atoms with Crippen molar-refractivity contribution in [2.45, 2.75) is 52.1 Å². The lowest BCUT2D eigenvalue weighted by Gasteiger charge is -2.26. The summed E-state index contributed by atoms with van der Waals surface area (Å²) in [5.41, 5.74) is 5.96. The maximum absolute atomic E-state index is 13.0. The van der Waals surface area contributed by atoms with Gasteiger partial charge in [0.15, 0.2) is 0 Å². The number of carbonyl (C=O) groups excluding carboxylic acids is 2. The summed E-state index contributed by atoms with van der Waals surface area (Å²) in [7, 11) is 0. The van der Waals surface area contributed by atoms with E-state index in [-0.39, 0.29) is 17.7 Å². The highest BCUT2D eigenvalue weighted by molar-refractivity contribution is 7.13. The molecule has 2 amide bonds. The number of benzene rings is 1. The van der Waals surface area contributed by atoms with Gasteiger partial charge in [-0.15, -0.1) is 22.7 Å². The Morgan fingerprint density at radius 2 is 2.00 bits per heavy atom. The normalized spacial score (nSPS) is 17.0. The molecule has 0 radical (unpaired) electrons. The van der Waals surface area contributed by atoms with Crippen LogP contribution in [0.4, 0.5) is 0 Å². The van der Waals surface area contributed by atoms with Crippen molar-refractivity contribution in [1.82, 2.24) is 20.2 Å². The third-order valence-electron chi connectivity index (χ3n) is 5.64. The smallest absolute Gasteiger partial charge is 0.243 e. The Morgan fingerprint density at radius 3 is 2.65 bits per heavy atom. The lowest BCUT2D eigenvalue weighted by Crippen LogP contribution is -2.47. The molecule has 1 aliphatic heterocycles. The SMILES string of the molecule is Cc1csc(C(C)C(=O)N2CCCC2C(=O)NCc2ccc(-c3scnc3C)cc2)n1. The molecule has 1 aromatic carbocycles. The molecule has 4 rings (SSSR count). The number of thiazole rings is 2. The number of nitrogens with zero attached hydrogens (tertiary/aromatic N) is 3. The van der Waals surface area contributed by atoms with Gasteiger partial charge in [-0.1, -0.05) is 24.3 Å². The number of likely N-dealkylation sites (tertiary alicyclic amines) is 1. The maximum Gasteiger partial charge on any atom is 0.243 e. The van der Waals surface area contributed by atoms with Gasteiger partial charge >= 0.3 is 0 Å². The highest BCUT2D eigenvalue weighted by Crippen LogP contribution is 2.28. The first-order valence-corrected chi connectivity index (χ1v) is 12.2. The molecule has 0 spiro atoms. The molecule has 1 saturated heterocycles. The Labute approximate surface area is 190 Å². The number of rotatable bonds is 6. The number of amides is 2. The van der Waals surface area contributed by atoms with Crippen LogP contribution in [0.5, 0.6) is 0 Å². The summed E-state index contributed by atoms with van der Waals surface area (Å²) >= 11 is 3.13. The zero-order valence-electron chi connectivity index (χ0n) is 17.9. The van der Waals surface area contributed by atoms with Gasteiger partial charge in [-0.25, -0.2) is 9.97 Å². The van der Waals surface area contributed by atoms with Crippen molar-refractivity contribution in [2.24, 2.45) is 0 Å². The van der Waals surface area contributed by atoms with Crippen molar-refractivity contribution in [2.75, 3.05) is 6.54 Å². The van der Waals surface area contributed by atoms with E-state index in [1.165, 1.54) is 16.2 Å². The van der Waals surface area contributed by atoms with Crippen molar-refractivity contribution < 1.29 is 9.59 Å². The highest BCUT2D eigenvalue weighted by atomic mass is 32.1. The molecule has 6 nitrogen and oxygen atoms in total. The summed E-state index contributed by atoms with van der Waals surface area (Å²) in [5.74, 6) is -0.429. The van der Waals surface area contributed by atoms with Crippen molar-refractivity contribution in [3.63, 3.8) is 0 Å². The minimum atomic E-state index is -0.407. The standard InChI is InChI=1S/C23H26N4O2S2/c1-14-12-30-22(26-14)15(2)23(29)27-10-4-5-19(27)21(28)24-11-17-6-8-18(9-7-17)20-16(3)25-13-31-20/h6-9,12-13,15,19H,4-5,10-11H2,1-3H3,(H,24,28). The topological polar surface area (TPSA) is 75.2 Å². The maximum atomic E-state index is 13.0. The Balaban J connectivity index is 1.36. The van der Waals surface area contributed by atoms with Crippen LogP contribution >= 0.6 is 22.7 Å². The molecule has 3 aromatic rings. The molecule has 1 aliphatic rings. The first kappa shape index (κ1) is 21.6. The quantitative estimate of drug-likeness (QED) is 0.603. The van der Waals surface area contributed by atoms with Crippen LogP contribution in [-0.2, 0) is 16.1 Å². The highest BCUT2D eigenvalue weighted by Gasteiger charge is 2.36. The van der Waals surface area contributed by atoms with Gasteiger partial charge in [0.1, 0.15) is 11.0 Å². The predicted octanol–water partition coefficient (Wildman–Crippen LogP) is 4.29. The second-order valence-corrected chi connectivity index (χ2v) is 9.66. The van der Waals surface area contributed by atoms with Crippen LogP contribution in [0.25, 0.3) is 10.4 Å². The van der Waals surface area contributed by atoms with Crippen molar-refractivity contribution in [3.8, 4) is 10.4 Å². The van der Waals surface area contributed by atoms with Crippen molar-refractivity contribution in [1.29, 1.82) is 0 Å². The van der Waals surface area contributed by atoms with E-state index in [9.17, 15) is 9.59 Å². The van der Waals surface area contributed by atoms with E-state index < -0.39 is 6.04 Å². The van der Waals surface area contributed by atoms with E-state index in [0.29, 0.717) is 19.5 Å². The Kier molecular flexibility index (Phi) is 6.48. The summed E-state index contributed by atoms with van der Waals surface area (Å²) in [6, 6.07) is 7.77. The molecule has 3 heterocycles. The number of nitrogens with one attached hydrogen (secondary N) is 1. The summed E-state index contributed by atoms with van der Waals surface area (Å²) in [4.78, 5) is 37.5. The molecular weight excluding hydrogens is 428 g/mol. The summed E-state index contributed by atoms with van der Waals surface area (Å²) in [6.45, 7) is 6.87. The Hall–Kier alpha value is -2.58. The third-order valence-corrected chi connectivity index (χ3v) is 7.77. The van der Waals surface area contributed by atoms with Crippen molar-refractivity contribution >= 4 is 34.5 Å². The Bertz CT molecular complexity index is 1070. The molecule has 0 saturated carbocycles. The van der Waals surface area contributed by atoms with Crippen LogP contribution in [0, 0.1) is 13.8 Å². The zero-order valence-corrected chi connectivity index (χ0v) is 19.6. The first-order valence-electron chi connectivity index (χ1n) is 10.4. The number of hydrogen-bond donors (Lipinski definition) is 1. The predicted molar refractivity (Wildman–Crippen MR) is 124 cm³/mol. The molecular formula is C23H26N4O2S2. The first-order chi connectivity index (χ1) is 14.9.